The van der Waals surface area contributed by atoms with Crippen LogP contribution in [0.1, 0.15) is 12.0 Å². The van der Waals surface area contributed by atoms with Gasteiger partial charge in [0.1, 0.15) is 17.7 Å². The van der Waals surface area contributed by atoms with Crippen LogP contribution in [0.3, 0.4) is 0 Å². The van der Waals surface area contributed by atoms with Crippen LogP contribution < -0.4 is 4.74 Å². The maximum absolute atomic E-state index is 12.3. The predicted molar refractivity (Wildman–Crippen MR) is 75.7 cm³/mol. The van der Waals surface area contributed by atoms with Gasteiger partial charge in [0.15, 0.2) is 0 Å². The molecule has 1 atom stereocenters. The van der Waals surface area contributed by atoms with E-state index < -0.39 is 0 Å². The second-order valence-corrected chi connectivity index (χ2v) is 5.63. The standard InChI is InChI=1S/C15H16N4O3/c1-18-7-11(5-13(18)20)15(21)19-8-12(9-19)22-14-10(6-16)3-2-4-17-14/h2-4,11-12H,5,7-9H2,1H3. The first kappa shape index (κ1) is 14.3. The van der Waals surface area contributed by atoms with Crippen LogP contribution in [-0.2, 0) is 9.59 Å². The fraction of sp³-hybridized carbons (Fsp3) is 0.467. The van der Waals surface area contributed by atoms with Crippen molar-refractivity contribution in [2.45, 2.75) is 12.5 Å². The van der Waals surface area contributed by atoms with E-state index in [0.29, 0.717) is 31.1 Å². The zero-order valence-corrected chi connectivity index (χ0v) is 12.2. The second kappa shape index (κ2) is 5.64. The van der Waals surface area contributed by atoms with E-state index in [1.165, 1.54) is 0 Å². The minimum absolute atomic E-state index is 0.000854. The van der Waals surface area contributed by atoms with Gasteiger partial charge in [-0.25, -0.2) is 4.98 Å². The first-order valence-electron chi connectivity index (χ1n) is 7.13. The van der Waals surface area contributed by atoms with Gasteiger partial charge in [0.2, 0.25) is 17.7 Å². The second-order valence-electron chi connectivity index (χ2n) is 5.63. The Morgan fingerprint density at radius 3 is 2.86 bits per heavy atom. The summed E-state index contributed by atoms with van der Waals surface area (Å²) in [4.78, 5) is 31.1. The Labute approximate surface area is 128 Å². The summed E-state index contributed by atoms with van der Waals surface area (Å²) in [6.45, 7) is 1.42. The summed E-state index contributed by atoms with van der Waals surface area (Å²) < 4.78 is 5.65. The number of aromatic nitrogens is 1. The van der Waals surface area contributed by atoms with Crippen molar-refractivity contribution in [1.82, 2.24) is 14.8 Å². The van der Waals surface area contributed by atoms with Crippen LogP contribution >= 0.6 is 0 Å². The average Bonchev–Trinajstić information content (AvgIpc) is 2.82. The third-order valence-electron chi connectivity index (χ3n) is 4.02. The lowest BCUT2D eigenvalue weighted by atomic mass is 10.0. The van der Waals surface area contributed by atoms with Crippen LogP contribution in [0, 0.1) is 17.2 Å². The van der Waals surface area contributed by atoms with Gasteiger partial charge in [0.05, 0.1) is 19.0 Å². The molecule has 3 heterocycles. The molecule has 1 unspecified atom stereocenters. The first-order valence-corrected chi connectivity index (χ1v) is 7.13. The lowest BCUT2D eigenvalue weighted by Crippen LogP contribution is -2.57. The molecule has 0 radical (unpaired) electrons. The lowest BCUT2D eigenvalue weighted by molar-refractivity contribution is -0.144. The molecule has 0 spiro atoms. The van der Waals surface area contributed by atoms with E-state index in [-0.39, 0.29) is 30.3 Å². The van der Waals surface area contributed by atoms with E-state index in [1.807, 2.05) is 6.07 Å². The van der Waals surface area contributed by atoms with E-state index in [0.717, 1.165) is 0 Å². The van der Waals surface area contributed by atoms with Crippen LogP contribution in [0.5, 0.6) is 5.88 Å². The fourth-order valence-electron chi connectivity index (χ4n) is 2.71. The van der Waals surface area contributed by atoms with Crippen LogP contribution in [0.2, 0.25) is 0 Å². The van der Waals surface area contributed by atoms with Crippen LogP contribution in [0.25, 0.3) is 0 Å². The minimum Gasteiger partial charge on any atom is -0.470 e. The van der Waals surface area contributed by atoms with Crippen LogP contribution in [-0.4, -0.2) is 59.4 Å². The molecule has 0 aliphatic carbocycles. The maximum atomic E-state index is 12.3. The zero-order chi connectivity index (χ0) is 15.7. The average molecular weight is 300 g/mol. The summed E-state index contributed by atoms with van der Waals surface area (Å²) in [5, 5.41) is 8.98. The Bertz CT molecular complexity index is 648. The number of hydrogen-bond donors (Lipinski definition) is 0. The number of pyridine rings is 1. The Morgan fingerprint density at radius 1 is 1.45 bits per heavy atom. The fourth-order valence-corrected chi connectivity index (χ4v) is 2.71. The molecule has 3 rings (SSSR count). The zero-order valence-electron chi connectivity index (χ0n) is 12.2. The SMILES string of the molecule is CN1CC(C(=O)N2CC(Oc3ncccc3C#N)C2)CC1=O. The van der Waals surface area contributed by atoms with Crippen molar-refractivity contribution >= 4 is 11.8 Å². The van der Waals surface area contributed by atoms with Crippen LogP contribution in [0.4, 0.5) is 0 Å². The molecule has 0 aromatic carbocycles. The summed E-state index contributed by atoms with van der Waals surface area (Å²) in [6, 6.07) is 5.35. The number of likely N-dealkylation sites (tertiary alicyclic amines) is 2. The predicted octanol–water partition coefficient (Wildman–Crippen LogP) is 0.0212. The quantitative estimate of drug-likeness (QED) is 0.785. The summed E-state index contributed by atoms with van der Waals surface area (Å²) in [6.07, 6.45) is 1.70. The molecule has 0 N–H and O–H groups in total. The Morgan fingerprint density at radius 2 is 2.23 bits per heavy atom. The molecule has 2 saturated heterocycles. The van der Waals surface area contributed by atoms with E-state index in [9.17, 15) is 9.59 Å². The maximum Gasteiger partial charge on any atom is 0.232 e. The number of carbonyl (C=O) groups is 2. The molecule has 22 heavy (non-hydrogen) atoms. The number of nitrogens with zero attached hydrogens (tertiary/aromatic N) is 4. The molecule has 2 aliphatic heterocycles. The molecule has 1 aromatic rings. The Kier molecular flexibility index (Phi) is 3.67. The monoisotopic (exact) mass is 300 g/mol. The molecule has 7 heteroatoms. The third-order valence-corrected chi connectivity index (χ3v) is 4.02. The molecule has 1 aromatic heterocycles. The summed E-state index contributed by atoms with van der Waals surface area (Å²) in [7, 11) is 1.71. The molecule has 114 valence electrons. The van der Waals surface area contributed by atoms with E-state index in [4.69, 9.17) is 10.00 Å². The smallest absolute Gasteiger partial charge is 0.232 e. The Balaban J connectivity index is 1.53. The van der Waals surface area contributed by atoms with Gasteiger partial charge in [-0.15, -0.1) is 0 Å². The van der Waals surface area contributed by atoms with Gasteiger partial charge in [-0.2, -0.15) is 5.26 Å². The van der Waals surface area contributed by atoms with Crippen molar-refractivity contribution in [2.24, 2.45) is 5.92 Å². The third kappa shape index (κ3) is 2.60. The largest absolute Gasteiger partial charge is 0.470 e. The summed E-state index contributed by atoms with van der Waals surface area (Å²) in [5.41, 5.74) is 0.385. The number of nitriles is 1. The van der Waals surface area contributed by atoms with E-state index in [1.54, 1.807) is 35.2 Å². The molecule has 0 bridgehead atoms. The highest BCUT2D eigenvalue weighted by Crippen LogP contribution is 2.24. The summed E-state index contributed by atoms with van der Waals surface area (Å²) >= 11 is 0. The lowest BCUT2D eigenvalue weighted by Gasteiger charge is -2.39. The molecule has 7 nitrogen and oxygen atoms in total. The van der Waals surface area contributed by atoms with Crippen molar-refractivity contribution in [3.05, 3.63) is 23.9 Å². The van der Waals surface area contributed by atoms with Gasteiger partial charge in [-0.1, -0.05) is 0 Å². The van der Waals surface area contributed by atoms with Crippen molar-refractivity contribution < 1.29 is 14.3 Å². The molecule has 2 aliphatic rings. The van der Waals surface area contributed by atoms with Gasteiger partial charge < -0.3 is 14.5 Å². The van der Waals surface area contributed by atoms with Gasteiger partial charge in [-0.05, 0) is 12.1 Å². The number of hydrogen-bond acceptors (Lipinski definition) is 5. The molecular weight excluding hydrogens is 284 g/mol. The highest BCUT2D eigenvalue weighted by molar-refractivity contribution is 5.89. The minimum atomic E-state index is -0.247. The van der Waals surface area contributed by atoms with Gasteiger partial charge >= 0.3 is 0 Å². The molecule has 0 saturated carbocycles. The number of carbonyl (C=O) groups excluding carboxylic acids is 2. The van der Waals surface area contributed by atoms with Crippen molar-refractivity contribution in [3.8, 4) is 11.9 Å². The normalized spacial score (nSPS) is 21.5. The summed E-state index contributed by atoms with van der Waals surface area (Å²) in [5.74, 6) is 0.0683. The van der Waals surface area contributed by atoms with Gasteiger partial charge in [-0.3, -0.25) is 9.59 Å². The molecular formula is C15H16N4O3. The topological polar surface area (TPSA) is 86.5 Å². The van der Waals surface area contributed by atoms with Crippen molar-refractivity contribution in [2.75, 3.05) is 26.7 Å². The Hall–Kier alpha value is -2.62. The molecule has 2 fully saturated rings. The molecule has 2 amide bonds. The number of ether oxygens (including phenoxy) is 1. The van der Waals surface area contributed by atoms with E-state index in [2.05, 4.69) is 4.98 Å². The van der Waals surface area contributed by atoms with Crippen molar-refractivity contribution in [1.29, 1.82) is 5.26 Å². The van der Waals surface area contributed by atoms with Gasteiger partial charge in [0.25, 0.3) is 0 Å². The highest BCUT2D eigenvalue weighted by atomic mass is 16.5. The van der Waals surface area contributed by atoms with Gasteiger partial charge in [0, 0.05) is 26.2 Å². The van der Waals surface area contributed by atoms with Crippen LogP contribution in [0.15, 0.2) is 18.3 Å². The number of amides is 2. The number of rotatable bonds is 3. The van der Waals surface area contributed by atoms with Crippen molar-refractivity contribution in [3.63, 3.8) is 0 Å². The van der Waals surface area contributed by atoms with E-state index >= 15 is 0 Å². The first-order chi connectivity index (χ1) is 10.6. The highest BCUT2D eigenvalue weighted by Gasteiger charge is 2.40.